The van der Waals surface area contributed by atoms with E-state index >= 15 is 0 Å². The Morgan fingerprint density at radius 1 is 1.25 bits per heavy atom. The van der Waals surface area contributed by atoms with Gasteiger partial charge < -0.3 is 4.90 Å². The SMILES string of the molecule is CCC(CC)N(CC(C)C)c1ccc(C(C)=O)cc1F. The molecule has 1 aromatic carbocycles. The third-order valence-corrected chi connectivity index (χ3v) is 3.61. The lowest BCUT2D eigenvalue weighted by atomic mass is 10.0. The Bertz CT molecular complexity index is 452. The van der Waals surface area contributed by atoms with Crippen LogP contribution in [0.4, 0.5) is 10.1 Å². The van der Waals surface area contributed by atoms with E-state index in [1.54, 1.807) is 12.1 Å². The smallest absolute Gasteiger partial charge is 0.159 e. The molecule has 0 bridgehead atoms. The molecule has 0 unspecified atom stereocenters. The van der Waals surface area contributed by atoms with Gasteiger partial charge >= 0.3 is 0 Å². The van der Waals surface area contributed by atoms with Crippen molar-refractivity contribution in [2.45, 2.75) is 53.5 Å². The Morgan fingerprint density at radius 2 is 1.85 bits per heavy atom. The minimum Gasteiger partial charge on any atom is -0.366 e. The highest BCUT2D eigenvalue weighted by molar-refractivity contribution is 5.94. The van der Waals surface area contributed by atoms with Crippen molar-refractivity contribution >= 4 is 11.5 Å². The zero-order valence-electron chi connectivity index (χ0n) is 13.2. The molecule has 0 N–H and O–H groups in total. The topological polar surface area (TPSA) is 20.3 Å². The van der Waals surface area contributed by atoms with Gasteiger partial charge in [0.1, 0.15) is 5.82 Å². The van der Waals surface area contributed by atoms with Gasteiger partial charge in [0, 0.05) is 18.2 Å². The summed E-state index contributed by atoms with van der Waals surface area (Å²) in [5.74, 6) is 0.0566. The van der Waals surface area contributed by atoms with Gasteiger partial charge in [0.2, 0.25) is 0 Å². The first-order valence-corrected chi connectivity index (χ1v) is 7.47. The van der Waals surface area contributed by atoms with E-state index in [4.69, 9.17) is 0 Å². The van der Waals surface area contributed by atoms with Crippen LogP contribution in [0.5, 0.6) is 0 Å². The van der Waals surface area contributed by atoms with Crippen molar-refractivity contribution in [3.63, 3.8) is 0 Å². The second-order valence-electron chi connectivity index (χ2n) is 5.74. The number of hydrogen-bond acceptors (Lipinski definition) is 2. The Balaban J connectivity index is 3.16. The van der Waals surface area contributed by atoms with E-state index in [0.29, 0.717) is 23.2 Å². The standard InChI is InChI=1S/C17H26FNO/c1-6-15(7-2)19(11-12(3)4)17-9-8-14(13(5)20)10-16(17)18/h8-10,12,15H,6-7,11H2,1-5H3. The average molecular weight is 279 g/mol. The molecule has 0 amide bonds. The Kier molecular flexibility index (Phi) is 6.18. The number of Topliss-reactive ketones (excluding diaryl/α,β-unsaturated/α-hetero) is 1. The van der Waals surface area contributed by atoms with Crippen LogP contribution in [-0.4, -0.2) is 18.4 Å². The van der Waals surface area contributed by atoms with Crippen LogP contribution in [0.15, 0.2) is 18.2 Å². The highest BCUT2D eigenvalue weighted by atomic mass is 19.1. The summed E-state index contributed by atoms with van der Waals surface area (Å²) in [4.78, 5) is 13.5. The van der Waals surface area contributed by atoms with E-state index < -0.39 is 0 Å². The van der Waals surface area contributed by atoms with Gasteiger partial charge in [-0.05, 0) is 43.9 Å². The summed E-state index contributed by atoms with van der Waals surface area (Å²) in [5.41, 5.74) is 1.04. The fourth-order valence-corrected chi connectivity index (χ4v) is 2.53. The van der Waals surface area contributed by atoms with Crippen LogP contribution in [0.1, 0.15) is 57.8 Å². The molecule has 0 heterocycles. The van der Waals surface area contributed by atoms with Crippen LogP contribution < -0.4 is 4.90 Å². The number of rotatable bonds is 7. The van der Waals surface area contributed by atoms with Gasteiger partial charge in [-0.2, -0.15) is 0 Å². The first kappa shape index (κ1) is 16.7. The molecule has 0 saturated heterocycles. The fraction of sp³-hybridized carbons (Fsp3) is 0.588. The van der Waals surface area contributed by atoms with Crippen molar-refractivity contribution in [1.29, 1.82) is 0 Å². The first-order valence-electron chi connectivity index (χ1n) is 7.47. The molecule has 0 radical (unpaired) electrons. The van der Waals surface area contributed by atoms with E-state index in [9.17, 15) is 9.18 Å². The van der Waals surface area contributed by atoms with Crippen molar-refractivity contribution < 1.29 is 9.18 Å². The maximum Gasteiger partial charge on any atom is 0.159 e. The predicted octanol–water partition coefficient (Wildman–Crippen LogP) is 4.68. The van der Waals surface area contributed by atoms with Gasteiger partial charge in [-0.3, -0.25) is 4.79 Å². The fourth-order valence-electron chi connectivity index (χ4n) is 2.53. The highest BCUT2D eigenvalue weighted by Crippen LogP contribution is 2.26. The average Bonchev–Trinajstić information content (AvgIpc) is 2.38. The number of hydrogen-bond donors (Lipinski definition) is 0. The minimum absolute atomic E-state index is 0.103. The first-order chi connectivity index (χ1) is 9.40. The summed E-state index contributed by atoms with van der Waals surface area (Å²) in [6.07, 6.45) is 1.97. The minimum atomic E-state index is -0.301. The van der Waals surface area contributed by atoms with E-state index in [0.717, 1.165) is 19.4 Å². The van der Waals surface area contributed by atoms with E-state index in [1.165, 1.54) is 13.0 Å². The maximum absolute atomic E-state index is 14.4. The van der Waals surface area contributed by atoms with Gasteiger partial charge in [-0.25, -0.2) is 4.39 Å². The molecule has 0 aliphatic heterocycles. The molecular weight excluding hydrogens is 253 g/mol. The van der Waals surface area contributed by atoms with Gasteiger partial charge in [0.05, 0.1) is 5.69 Å². The van der Waals surface area contributed by atoms with Gasteiger partial charge in [-0.1, -0.05) is 27.7 Å². The second kappa shape index (κ2) is 7.41. The summed E-state index contributed by atoms with van der Waals surface area (Å²) in [7, 11) is 0. The van der Waals surface area contributed by atoms with Crippen molar-refractivity contribution in [2.75, 3.05) is 11.4 Å². The Morgan fingerprint density at radius 3 is 2.25 bits per heavy atom. The van der Waals surface area contributed by atoms with Crippen LogP contribution in [-0.2, 0) is 0 Å². The lowest BCUT2D eigenvalue weighted by Gasteiger charge is -2.34. The van der Waals surface area contributed by atoms with Crippen molar-refractivity contribution in [3.8, 4) is 0 Å². The number of carbonyl (C=O) groups is 1. The summed E-state index contributed by atoms with van der Waals surface area (Å²) < 4.78 is 14.4. The molecule has 112 valence electrons. The molecule has 0 aliphatic rings. The summed E-state index contributed by atoms with van der Waals surface area (Å²) >= 11 is 0. The quantitative estimate of drug-likeness (QED) is 0.675. The molecular formula is C17H26FNO. The largest absolute Gasteiger partial charge is 0.366 e. The number of carbonyl (C=O) groups excluding carboxylic acids is 1. The van der Waals surface area contributed by atoms with Gasteiger partial charge in [-0.15, -0.1) is 0 Å². The monoisotopic (exact) mass is 279 g/mol. The third-order valence-electron chi connectivity index (χ3n) is 3.61. The van der Waals surface area contributed by atoms with Crippen molar-refractivity contribution in [1.82, 2.24) is 0 Å². The summed E-state index contributed by atoms with van der Waals surface area (Å²) in [6.45, 7) is 10.8. The molecule has 20 heavy (non-hydrogen) atoms. The second-order valence-corrected chi connectivity index (χ2v) is 5.74. The molecule has 3 heteroatoms. The van der Waals surface area contributed by atoms with Crippen LogP contribution in [0.2, 0.25) is 0 Å². The van der Waals surface area contributed by atoms with Crippen LogP contribution in [0.3, 0.4) is 0 Å². The molecule has 1 rings (SSSR count). The number of halogens is 1. The number of anilines is 1. The van der Waals surface area contributed by atoms with Crippen molar-refractivity contribution in [2.24, 2.45) is 5.92 Å². The van der Waals surface area contributed by atoms with E-state index in [-0.39, 0.29) is 11.6 Å². The zero-order valence-corrected chi connectivity index (χ0v) is 13.2. The predicted molar refractivity (Wildman–Crippen MR) is 83.0 cm³/mol. The molecule has 0 saturated carbocycles. The molecule has 0 atom stereocenters. The molecule has 0 aliphatic carbocycles. The summed E-state index contributed by atoms with van der Waals surface area (Å²) in [5, 5.41) is 0. The normalized spacial score (nSPS) is 11.2. The molecule has 0 fully saturated rings. The van der Waals surface area contributed by atoms with Gasteiger partial charge in [0.15, 0.2) is 5.78 Å². The van der Waals surface area contributed by atoms with Crippen molar-refractivity contribution in [3.05, 3.63) is 29.6 Å². The highest BCUT2D eigenvalue weighted by Gasteiger charge is 2.20. The lowest BCUT2D eigenvalue weighted by Crippen LogP contribution is -2.38. The molecule has 1 aromatic rings. The molecule has 0 spiro atoms. The van der Waals surface area contributed by atoms with Crippen LogP contribution >= 0.6 is 0 Å². The van der Waals surface area contributed by atoms with Gasteiger partial charge in [0.25, 0.3) is 0 Å². The molecule has 2 nitrogen and oxygen atoms in total. The Labute approximate surface area is 122 Å². The lowest BCUT2D eigenvalue weighted by molar-refractivity contribution is 0.101. The Hall–Kier alpha value is -1.38. The number of benzene rings is 1. The van der Waals surface area contributed by atoms with E-state index in [2.05, 4.69) is 32.6 Å². The zero-order chi connectivity index (χ0) is 15.3. The van der Waals surface area contributed by atoms with Crippen LogP contribution in [0, 0.1) is 11.7 Å². The third kappa shape index (κ3) is 4.06. The molecule has 0 aromatic heterocycles. The number of nitrogens with zero attached hydrogens (tertiary/aromatic N) is 1. The summed E-state index contributed by atoms with van der Waals surface area (Å²) in [6, 6.07) is 5.14. The van der Waals surface area contributed by atoms with Crippen LogP contribution in [0.25, 0.3) is 0 Å². The maximum atomic E-state index is 14.4. The number of ketones is 1. The van der Waals surface area contributed by atoms with E-state index in [1.807, 2.05) is 0 Å².